The van der Waals surface area contributed by atoms with E-state index in [0.29, 0.717) is 38.8 Å². The van der Waals surface area contributed by atoms with Crippen molar-refractivity contribution in [3.8, 4) is 0 Å². The van der Waals surface area contributed by atoms with Crippen molar-refractivity contribution in [1.82, 2.24) is 35.2 Å². The fourth-order valence-corrected chi connectivity index (χ4v) is 2.89. The topological polar surface area (TPSA) is 331 Å². The molecule has 0 fully saturated rings. The predicted octanol–water partition coefficient (Wildman–Crippen LogP) is -0.367. The van der Waals surface area contributed by atoms with Gasteiger partial charge in [0.25, 0.3) is 0 Å². The minimum Gasteiger partial charge on any atom is -0.344 e. The van der Waals surface area contributed by atoms with Crippen molar-refractivity contribution in [2.45, 2.75) is 25.7 Å². The highest BCUT2D eigenvalue weighted by atomic mass is 31.2. The van der Waals surface area contributed by atoms with Crippen LogP contribution in [0.1, 0.15) is 25.7 Å². The normalized spacial score (nSPS) is 10.2. The number of nitrogens with two attached hydrogens (primary N) is 2. The van der Waals surface area contributed by atoms with Gasteiger partial charge in [0, 0.05) is 51.6 Å². The molecule has 16 heteroatoms. The third-order valence-corrected chi connectivity index (χ3v) is 4.57. The summed E-state index contributed by atoms with van der Waals surface area (Å²) in [6.45, 7) is 5.14. The van der Waals surface area contributed by atoms with E-state index in [1.807, 2.05) is 0 Å². The Kier molecular flexibility index (Phi) is 40.6. The van der Waals surface area contributed by atoms with Gasteiger partial charge in [-0.15, -0.1) is 0 Å². The quantitative estimate of drug-likeness (QED) is 0.116. The number of unbranched alkanes of at least 4 members (excludes halogenated alkanes) is 3. The van der Waals surface area contributed by atoms with Crippen molar-refractivity contribution < 1.29 is 28.7 Å². The first-order valence-corrected chi connectivity index (χ1v) is 11.6. The first-order valence-electron chi connectivity index (χ1n) is 8.03. The zero-order chi connectivity index (χ0) is 18.9. The van der Waals surface area contributed by atoms with Crippen LogP contribution in [0.25, 0.3) is 0 Å². The lowest BCUT2D eigenvalue weighted by atomic mass is 10.2. The summed E-state index contributed by atoms with van der Waals surface area (Å²) in [6.07, 6.45) is 1.67. The van der Waals surface area contributed by atoms with Crippen LogP contribution in [0.4, 0.5) is 0 Å². The highest BCUT2D eigenvalue weighted by Crippen LogP contribution is 2.37. The molecule has 14 nitrogen and oxygen atoms in total. The molecule has 0 radical (unpaired) electrons. The molecule has 0 saturated heterocycles. The maximum atomic E-state index is 10.4. The average molecular weight is 460 g/mol. The van der Waals surface area contributed by atoms with Gasteiger partial charge in [-0.05, 0) is 12.8 Å². The van der Waals surface area contributed by atoms with E-state index in [1.54, 1.807) is 0 Å². The Hall–Kier alpha value is -0.0200. The molecule has 0 aliphatic carbocycles. The van der Waals surface area contributed by atoms with Gasteiger partial charge in [0.15, 0.2) is 0 Å². The van der Waals surface area contributed by atoms with Gasteiger partial charge in [-0.25, -0.2) is 0 Å². The molecule has 0 unspecified atom stereocenters. The summed E-state index contributed by atoms with van der Waals surface area (Å²) < 4.78 is 20.8. The zero-order valence-electron chi connectivity index (χ0n) is 17.0. The maximum Gasteiger partial charge on any atom is 0.325 e. The van der Waals surface area contributed by atoms with Crippen molar-refractivity contribution in [2.75, 3.05) is 51.6 Å². The van der Waals surface area contributed by atoms with Gasteiger partial charge in [0.1, 0.15) is 0 Å². The molecule has 0 atom stereocenters. The summed E-state index contributed by atoms with van der Waals surface area (Å²) >= 11 is 0. The molecule has 0 aliphatic rings. The standard InChI is InChI=1S/C6H18N4.C6H16O6P2.4H3N/c7-1-3-9-5-6-10-4-2-8;7-13(8,9)5-3-1-2-4-6-14(10,11)12;;;;/h9-10H,1-8H2;1-6H2,(H2,7,8,9)(H2,10,11,12);4*1H3. The number of nitrogens with one attached hydrogen (secondary N) is 2. The lowest BCUT2D eigenvalue weighted by molar-refractivity contribution is 0.366. The summed E-state index contributed by atoms with van der Waals surface area (Å²) in [5.41, 5.74) is 10.5. The van der Waals surface area contributed by atoms with Crippen LogP contribution in [0, 0.1) is 0 Å². The lowest BCUT2D eigenvalue weighted by Crippen LogP contribution is -2.32. The molecule has 28 heavy (non-hydrogen) atoms. The molecule has 180 valence electrons. The van der Waals surface area contributed by atoms with Crippen LogP contribution >= 0.6 is 15.2 Å². The first-order chi connectivity index (χ1) is 11.1. The summed E-state index contributed by atoms with van der Waals surface area (Å²) in [6, 6.07) is 0. The van der Waals surface area contributed by atoms with Crippen LogP contribution in [-0.2, 0) is 9.13 Å². The van der Waals surface area contributed by atoms with E-state index in [1.165, 1.54) is 0 Å². The molecule has 0 bridgehead atoms. The summed E-state index contributed by atoms with van der Waals surface area (Å²) in [7, 11) is -7.80. The smallest absolute Gasteiger partial charge is 0.325 e. The second-order valence-corrected chi connectivity index (χ2v) is 8.82. The van der Waals surface area contributed by atoms with E-state index >= 15 is 0 Å². The van der Waals surface area contributed by atoms with E-state index in [4.69, 9.17) is 31.0 Å². The molecule has 0 amide bonds. The van der Waals surface area contributed by atoms with Crippen LogP contribution in [0.2, 0.25) is 0 Å². The summed E-state index contributed by atoms with van der Waals surface area (Å²) in [5.74, 6) is 0. The fraction of sp³-hybridized carbons (Fsp3) is 1.00. The van der Waals surface area contributed by atoms with E-state index in [-0.39, 0.29) is 36.9 Å². The molecular weight excluding hydrogens is 414 g/mol. The lowest BCUT2D eigenvalue weighted by Gasteiger charge is -2.04. The molecule has 0 aliphatic heterocycles. The second-order valence-electron chi connectivity index (χ2n) is 5.27. The van der Waals surface area contributed by atoms with Crippen molar-refractivity contribution in [3.63, 3.8) is 0 Å². The molecule has 0 spiro atoms. The number of hydrogen-bond donors (Lipinski definition) is 12. The minimum absolute atomic E-state index is 0. The van der Waals surface area contributed by atoms with Gasteiger partial charge in [-0.1, -0.05) is 12.8 Å². The van der Waals surface area contributed by atoms with Crippen molar-refractivity contribution in [3.05, 3.63) is 0 Å². The van der Waals surface area contributed by atoms with E-state index in [0.717, 1.165) is 26.2 Å². The third-order valence-electron chi connectivity index (χ3n) is 2.77. The Labute approximate surface area is 168 Å². The van der Waals surface area contributed by atoms with E-state index in [9.17, 15) is 9.13 Å². The Morgan fingerprint density at radius 2 is 0.857 bits per heavy atom. The van der Waals surface area contributed by atoms with Crippen LogP contribution < -0.4 is 46.7 Å². The van der Waals surface area contributed by atoms with E-state index < -0.39 is 15.2 Å². The average Bonchev–Trinajstić information content (AvgIpc) is 2.45. The molecule has 22 N–H and O–H groups in total. The van der Waals surface area contributed by atoms with Gasteiger partial charge < -0.3 is 66.3 Å². The third kappa shape index (κ3) is 50.1. The van der Waals surface area contributed by atoms with Gasteiger partial charge >= 0.3 is 15.2 Å². The zero-order valence-corrected chi connectivity index (χ0v) is 18.8. The van der Waals surface area contributed by atoms with Crippen molar-refractivity contribution >= 4 is 15.2 Å². The Morgan fingerprint density at radius 1 is 0.571 bits per heavy atom. The van der Waals surface area contributed by atoms with Crippen molar-refractivity contribution in [1.29, 1.82) is 0 Å². The largest absolute Gasteiger partial charge is 0.344 e. The summed E-state index contributed by atoms with van der Waals surface area (Å²) in [4.78, 5) is 34.0. The SMILES string of the molecule is N.N.N.N.NCCNCCNCCN.O=P(O)(O)CCCCCCP(=O)(O)O. The summed E-state index contributed by atoms with van der Waals surface area (Å²) in [5, 5.41) is 6.33. The second kappa shape index (κ2) is 27.0. The Bertz CT molecular complexity index is 338. The van der Waals surface area contributed by atoms with Crippen LogP contribution in [0.15, 0.2) is 0 Å². The van der Waals surface area contributed by atoms with Gasteiger partial charge in [0.2, 0.25) is 0 Å². The minimum atomic E-state index is -3.90. The molecule has 0 rings (SSSR count). The monoisotopic (exact) mass is 460 g/mol. The Morgan fingerprint density at radius 3 is 1.07 bits per heavy atom. The van der Waals surface area contributed by atoms with Gasteiger partial charge in [-0.3, -0.25) is 9.13 Å². The highest BCUT2D eigenvalue weighted by molar-refractivity contribution is 7.52. The molecule has 0 saturated carbocycles. The van der Waals surface area contributed by atoms with Crippen LogP contribution in [0.5, 0.6) is 0 Å². The van der Waals surface area contributed by atoms with Crippen LogP contribution in [-0.4, -0.2) is 71.2 Å². The van der Waals surface area contributed by atoms with Gasteiger partial charge in [-0.2, -0.15) is 0 Å². The first kappa shape index (κ1) is 42.2. The molecule has 0 aromatic carbocycles. The maximum absolute atomic E-state index is 10.4. The number of hydrogen-bond acceptors (Lipinski definition) is 10. The highest BCUT2D eigenvalue weighted by Gasteiger charge is 2.13. The molecule has 0 aromatic rings. The van der Waals surface area contributed by atoms with Crippen molar-refractivity contribution in [2.24, 2.45) is 11.5 Å². The van der Waals surface area contributed by atoms with Crippen LogP contribution in [0.3, 0.4) is 0 Å². The molecule has 0 aromatic heterocycles. The predicted molar refractivity (Wildman–Crippen MR) is 116 cm³/mol. The fourth-order valence-electron chi connectivity index (χ4n) is 1.62. The molecule has 0 heterocycles. The number of rotatable bonds is 14. The Balaban J connectivity index is -0.0000000786. The van der Waals surface area contributed by atoms with Gasteiger partial charge in [0.05, 0.1) is 0 Å². The molecular formula is C12H46N8O6P2. The van der Waals surface area contributed by atoms with E-state index in [2.05, 4.69) is 10.6 Å².